The van der Waals surface area contributed by atoms with Crippen LogP contribution in [-0.4, -0.2) is 48.2 Å². The molecular weight excluding hydrogens is 657 g/mol. The molecule has 0 aliphatic carbocycles. The Bertz CT molecular complexity index is 1370. The van der Waals surface area contributed by atoms with Crippen molar-refractivity contribution in [1.82, 2.24) is 10.2 Å². The predicted molar refractivity (Wildman–Crippen MR) is 134 cm³/mol. The fourth-order valence-corrected chi connectivity index (χ4v) is 4.80. The van der Waals surface area contributed by atoms with E-state index in [1.807, 2.05) is 5.32 Å². The zero-order valence-corrected chi connectivity index (χ0v) is 22.9. The van der Waals surface area contributed by atoms with Gasteiger partial charge < -0.3 is 10.2 Å². The second-order valence-electron chi connectivity index (χ2n) is 9.13. The van der Waals surface area contributed by atoms with Gasteiger partial charge in [0.05, 0.1) is 26.2 Å². The van der Waals surface area contributed by atoms with Crippen molar-refractivity contribution in [1.29, 1.82) is 0 Å². The Morgan fingerprint density at radius 3 is 2.12 bits per heavy atom. The summed E-state index contributed by atoms with van der Waals surface area (Å²) in [5.41, 5.74) is -4.55. The molecule has 0 spiro atoms. The average Bonchev–Trinajstić information content (AvgIpc) is 2.85. The van der Waals surface area contributed by atoms with Gasteiger partial charge in [0.2, 0.25) is 5.91 Å². The number of rotatable bonds is 6. The lowest BCUT2D eigenvalue weighted by molar-refractivity contribution is -0.164. The lowest BCUT2D eigenvalue weighted by Crippen LogP contribution is -2.54. The standard InChI is InChI=1S/C25H17Cl3F10N2O2/c26-16-7-12(8-17(27)20(16)28)14(24(33,34)35)9-18(29)11-3-4-13(15(6-11)25(36,37)38)21(41)39-19-2-1-5-40(22(19)42)10-23(30,31)32/h3-4,6-9,14,19H,1-2,5,10H2,(H,39,41). The molecule has 0 aromatic heterocycles. The van der Waals surface area contributed by atoms with E-state index in [9.17, 15) is 49.1 Å². The van der Waals surface area contributed by atoms with Crippen LogP contribution >= 0.6 is 34.8 Å². The number of nitrogens with zero attached hydrogens (tertiary/aromatic N) is 1. The predicted octanol–water partition coefficient (Wildman–Crippen LogP) is 8.61. The minimum absolute atomic E-state index is 0.0122. The molecule has 2 amide bonds. The Kier molecular flexibility index (Phi) is 10.0. The van der Waals surface area contributed by atoms with E-state index in [1.54, 1.807) is 0 Å². The van der Waals surface area contributed by atoms with Crippen LogP contribution in [0.2, 0.25) is 15.1 Å². The van der Waals surface area contributed by atoms with Crippen LogP contribution in [0.25, 0.3) is 5.83 Å². The molecule has 0 saturated carbocycles. The molecule has 230 valence electrons. The highest BCUT2D eigenvalue weighted by Crippen LogP contribution is 2.43. The molecule has 42 heavy (non-hydrogen) atoms. The molecule has 3 rings (SSSR count). The lowest BCUT2D eigenvalue weighted by Gasteiger charge is -2.33. The van der Waals surface area contributed by atoms with E-state index in [0.717, 1.165) is 12.1 Å². The molecule has 17 heteroatoms. The second kappa shape index (κ2) is 12.5. The first kappa shape index (κ1) is 33.8. The molecular formula is C25H17Cl3F10N2O2. The summed E-state index contributed by atoms with van der Waals surface area (Å²) in [6.07, 6.45) is -15.4. The molecule has 1 fully saturated rings. The summed E-state index contributed by atoms with van der Waals surface area (Å²) < 4.78 is 136. The highest BCUT2D eigenvalue weighted by Gasteiger charge is 2.42. The number of likely N-dealkylation sites (tertiary alicyclic amines) is 1. The van der Waals surface area contributed by atoms with Gasteiger partial charge in [0.1, 0.15) is 24.3 Å². The van der Waals surface area contributed by atoms with E-state index >= 15 is 4.39 Å². The summed E-state index contributed by atoms with van der Waals surface area (Å²) in [5.74, 6) is -7.14. The normalized spacial score (nSPS) is 17.8. The Morgan fingerprint density at radius 1 is 1.00 bits per heavy atom. The molecule has 0 bridgehead atoms. The molecule has 1 saturated heterocycles. The van der Waals surface area contributed by atoms with E-state index in [1.165, 1.54) is 0 Å². The molecule has 1 N–H and O–H groups in total. The fraction of sp³-hybridized carbons (Fsp3) is 0.360. The monoisotopic (exact) mass is 672 g/mol. The van der Waals surface area contributed by atoms with Crippen molar-refractivity contribution in [2.45, 2.75) is 43.3 Å². The van der Waals surface area contributed by atoms with E-state index in [-0.39, 0.29) is 36.6 Å². The number of benzene rings is 2. The molecule has 4 nitrogen and oxygen atoms in total. The minimum Gasteiger partial charge on any atom is -0.340 e. The van der Waals surface area contributed by atoms with E-state index in [0.29, 0.717) is 17.0 Å². The first-order chi connectivity index (χ1) is 19.2. The number of hydrogen-bond donors (Lipinski definition) is 1. The zero-order valence-electron chi connectivity index (χ0n) is 20.6. The summed E-state index contributed by atoms with van der Waals surface area (Å²) in [5, 5.41) is 0.894. The van der Waals surface area contributed by atoms with Crippen molar-refractivity contribution in [3.8, 4) is 0 Å². The minimum atomic E-state index is -5.33. The molecule has 1 aliphatic rings. The molecule has 2 unspecified atom stereocenters. The molecule has 2 aromatic rings. The van der Waals surface area contributed by atoms with E-state index < -0.39 is 87.0 Å². The van der Waals surface area contributed by atoms with Crippen LogP contribution < -0.4 is 5.32 Å². The third kappa shape index (κ3) is 8.22. The molecule has 2 atom stereocenters. The summed E-state index contributed by atoms with van der Waals surface area (Å²) in [7, 11) is 0. The Labute approximate surface area is 246 Å². The van der Waals surface area contributed by atoms with Crippen molar-refractivity contribution >= 4 is 52.4 Å². The van der Waals surface area contributed by atoms with Crippen LogP contribution in [0, 0.1) is 0 Å². The van der Waals surface area contributed by atoms with Gasteiger partial charge in [-0.25, -0.2) is 4.39 Å². The van der Waals surface area contributed by atoms with Crippen molar-refractivity contribution in [3.63, 3.8) is 0 Å². The van der Waals surface area contributed by atoms with Crippen molar-refractivity contribution in [2.24, 2.45) is 0 Å². The Morgan fingerprint density at radius 2 is 1.60 bits per heavy atom. The topological polar surface area (TPSA) is 49.4 Å². The lowest BCUT2D eigenvalue weighted by atomic mass is 9.95. The second-order valence-corrected chi connectivity index (χ2v) is 10.3. The van der Waals surface area contributed by atoms with Gasteiger partial charge in [-0.15, -0.1) is 0 Å². The number of nitrogens with one attached hydrogen (secondary N) is 1. The highest BCUT2D eigenvalue weighted by molar-refractivity contribution is 6.48. The first-order valence-electron chi connectivity index (χ1n) is 11.7. The van der Waals surface area contributed by atoms with Gasteiger partial charge in [-0.1, -0.05) is 40.9 Å². The van der Waals surface area contributed by atoms with Gasteiger partial charge in [0.15, 0.2) is 0 Å². The van der Waals surface area contributed by atoms with Crippen molar-refractivity contribution in [2.75, 3.05) is 13.1 Å². The number of allylic oxidation sites excluding steroid dienone is 1. The number of halogens is 13. The number of hydrogen-bond acceptors (Lipinski definition) is 2. The van der Waals surface area contributed by atoms with Gasteiger partial charge >= 0.3 is 18.5 Å². The van der Waals surface area contributed by atoms with Crippen LogP contribution in [0.1, 0.15) is 45.8 Å². The number of amides is 2. The third-order valence-corrected chi connectivity index (χ3v) is 7.28. The Hall–Kier alpha value is -2.71. The zero-order chi connectivity index (χ0) is 31.8. The van der Waals surface area contributed by atoms with E-state index in [2.05, 4.69) is 0 Å². The smallest absolute Gasteiger partial charge is 0.340 e. The van der Waals surface area contributed by atoms with Crippen molar-refractivity contribution < 1.29 is 53.5 Å². The fourth-order valence-electron chi connectivity index (χ4n) is 4.19. The summed E-state index contributed by atoms with van der Waals surface area (Å²) in [6.45, 7) is -1.91. The number of carbonyl (C=O) groups excluding carboxylic acids is 2. The number of alkyl halides is 9. The highest BCUT2D eigenvalue weighted by atomic mass is 35.5. The van der Waals surface area contributed by atoms with Gasteiger partial charge in [0.25, 0.3) is 5.91 Å². The summed E-state index contributed by atoms with van der Waals surface area (Å²) >= 11 is 17.3. The Balaban J connectivity index is 1.96. The van der Waals surface area contributed by atoms with Crippen LogP contribution in [0.5, 0.6) is 0 Å². The van der Waals surface area contributed by atoms with Crippen LogP contribution in [-0.2, 0) is 11.0 Å². The quantitative estimate of drug-likeness (QED) is 0.247. The van der Waals surface area contributed by atoms with Crippen molar-refractivity contribution in [3.05, 3.63) is 73.7 Å². The van der Waals surface area contributed by atoms with Crippen LogP contribution in [0.15, 0.2) is 36.4 Å². The van der Waals surface area contributed by atoms with E-state index in [4.69, 9.17) is 34.8 Å². The molecule has 1 heterocycles. The van der Waals surface area contributed by atoms with Gasteiger partial charge in [-0.3, -0.25) is 9.59 Å². The number of piperidine rings is 1. The third-order valence-electron chi connectivity index (χ3n) is 6.08. The summed E-state index contributed by atoms with van der Waals surface area (Å²) in [4.78, 5) is 25.5. The SMILES string of the molecule is O=C(NC1CCCN(CC(F)(F)F)C1=O)c1ccc(C(F)=CC(c2cc(Cl)c(Cl)c(Cl)c2)C(F)(F)F)cc1C(F)(F)F. The average molecular weight is 674 g/mol. The molecule has 0 radical (unpaired) electrons. The van der Waals surface area contributed by atoms with Gasteiger partial charge in [-0.05, 0) is 48.7 Å². The number of carbonyl (C=O) groups is 2. The molecule has 1 aliphatic heterocycles. The summed E-state index contributed by atoms with van der Waals surface area (Å²) in [6, 6.07) is 1.11. The maximum Gasteiger partial charge on any atom is 0.417 e. The maximum atomic E-state index is 15.0. The van der Waals surface area contributed by atoms with Crippen LogP contribution in [0.4, 0.5) is 43.9 Å². The molecule has 2 aromatic carbocycles. The largest absolute Gasteiger partial charge is 0.417 e. The maximum absolute atomic E-state index is 15.0. The van der Waals surface area contributed by atoms with Gasteiger partial charge in [-0.2, -0.15) is 39.5 Å². The van der Waals surface area contributed by atoms with Gasteiger partial charge in [0, 0.05) is 12.1 Å². The first-order valence-corrected chi connectivity index (χ1v) is 12.8. The van der Waals surface area contributed by atoms with Crippen LogP contribution in [0.3, 0.4) is 0 Å².